The number of benzene rings is 1. The molecule has 1 atom stereocenters. The third-order valence-electron chi connectivity index (χ3n) is 2.53. The van der Waals surface area contributed by atoms with Crippen molar-refractivity contribution < 1.29 is 4.79 Å². The normalized spacial score (nSPS) is 12.0. The van der Waals surface area contributed by atoms with Gasteiger partial charge in [-0.05, 0) is 25.5 Å². The van der Waals surface area contributed by atoms with Gasteiger partial charge in [-0.15, -0.1) is 0 Å². The number of nitrogens with zero attached hydrogens (tertiary/aromatic N) is 1. The fourth-order valence-corrected chi connectivity index (χ4v) is 1.50. The molecule has 0 aromatic heterocycles. The lowest BCUT2D eigenvalue weighted by atomic mass is 10.1. The van der Waals surface area contributed by atoms with Gasteiger partial charge in [-0.1, -0.05) is 18.2 Å². The number of rotatable bonds is 4. The third-order valence-corrected chi connectivity index (χ3v) is 2.53. The quantitative estimate of drug-likeness (QED) is 0.844. The summed E-state index contributed by atoms with van der Waals surface area (Å²) in [5.41, 5.74) is 2.30. The van der Waals surface area contributed by atoms with Gasteiger partial charge >= 0.3 is 0 Å². The van der Waals surface area contributed by atoms with Crippen molar-refractivity contribution in [2.45, 2.75) is 26.3 Å². The van der Waals surface area contributed by atoms with Crippen molar-refractivity contribution >= 4 is 11.6 Å². The molecule has 0 aliphatic carbocycles. The first-order chi connectivity index (χ1) is 7.50. The highest BCUT2D eigenvalue weighted by atomic mass is 16.2. The molecule has 0 saturated heterocycles. The maximum Gasteiger partial charge on any atom is 0.224 e. The van der Waals surface area contributed by atoms with Crippen LogP contribution in [0.15, 0.2) is 24.3 Å². The second-order valence-corrected chi connectivity index (χ2v) is 4.35. The van der Waals surface area contributed by atoms with Crippen molar-refractivity contribution in [2.24, 2.45) is 0 Å². The summed E-state index contributed by atoms with van der Waals surface area (Å²) in [7, 11) is 3.56. The Balaban J connectivity index is 2.55. The number of anilines is 1. The molecule has 0 saturated carbocycles. The van der Waals surface area contributed by atoms with Crippen molar-refractivity contribution in [3.8, 4) is 0 Å². The number of hydrogen-bond donors (Lipinski definition) is 1. The lowest BCUT2D eigenvalue weighted by Gasteiger charge is -2.18. The van der Waals surface area contributed by atoms with Crippen LogP contribution in [0, 0.1) is 6.92 Å². The zero-order valence-electron chi connectivity index (χ0n) is 10.4. The van der Waals surface area contributed by atoms with E-state index in [0.29, 0.717) is 6.42 Å². The van der Waals surface area contributed by atoms with Crippen LogP contribution in [0.2, 0.25) is 0 Å². The first-order valence-electron chi connectivity index (χ1n) is 5.53. The van der Waals surface area contributed by atoms with Crippen molar-refractivity contribution in [3.63, 3.8) is 0 Å². The van der Waals surface area contributed by atoms with Gasteiger partial charge in [0.15, 0.2) is 0 Å². The van der Waals surface area contributed by atoms with Crippen LogP contribution in [0.25, 0.3) is 0 Å². The van der Waals surface area contributed by atoms with Crippen LogP contribution in [0.1, 0.15) is 18.9 Å². The minimum absolute atomic E-state index is 0.147. The summed E-state index contributed by atoms with van der Waals surface area (Å²) in [6, 6.07) is 8.25. The van der Waals surface area contributed by atoms with E-state index in [1.165, 1.54) is 5.56 Å². The summed E-state index contributed by atoms with van der Waals surface area (Å²) in [5, 5.41) is 3.35. The van der Waals surface area contributed by atoms with Gasteiger partial charge in [0.1, 0.15) is 0 Å². The molecule has 0 fully saturated rings. The highest BCUT2D eigenvalue weighted by Crippen LogP contribution is 2.15. The molecule has 0 aliphatic rings. The van der Waals surface area contributed by atoms with Crippen LogP contribution in [0.4, 0.5) is 5.69 Å². The van der Waals surface area contributed by atoms with E-state index >= 15 is 0 Å². The molecule has 3 heteroatoms. The van der Waals surface area contributed by atoms with Crippen LogP contribution in [-0.2, 0) is 4.79 Å². The van der Waals surface area contributed by atoms with Crippen molar-refractivity contribution in [2.75, 3.05) is 19.4 Å². The predicted octanol–water partition coefficient (Wildman–Crippen LogP) is 2.27. The van der Waals surface area contributed by atoms with E-state index < -0.39 is 0 Å². The molecule has 1 unspecified atom stereocenters. The standard InChI is InChI=1S/C13H20N2O/c1-10-7-5-6-8-12(10)14-11(2)9-13(16)15(3)4/h5-8,11,14H,9H2,1-4H3. The number of nitrogens with one attached hydrogen (secondary N) is 1. The Morgan fingerprint density at radius 1 is 1.38 bits per heavy atom. The molecule has 0 aliphatic heterocycles. The second kappa shape index (κ2) is 5.54. The van der Waals surface area contributed by atoms with Crippen LogP contribution in [0.5, 0.6) is 0 Å². The van der Waals surface area contributed by atoms with Crippen molar-refractivity contribution in [1.29, 1.82) is 0 Å². The summed E-state index contributed by atoms with van der Waals surface area (Å²) < 4.78 is 0. The van der Waals surface area contributed by atoms with E-state index in [0.717, 1.165) is 5.69 Å². The SMILES string of the molecule is Cc1ccccc1NC(C)CC(=O)N(C)C. The van der Waals surface area contributed by atoms with E-state index in [1.807, 2.05) is 25.1 Å². The highest BCUT2D eigenvalue weighted by Gasteiger charge is 2.10. The lowest BCUT2D eigenvalue weighted by molar-refractivity contribution is -0.128. The third kappa shape index (κ3) is 3.57. The molecule has 3 nitrogen and oxygen atoms in total. The molecular weight excluding hydrogens is 200 g/mol. The highest BCUT2D eigenvalue weighted by molar-refractivity contribution is 5.76. The topological polar surface area (TPSA) is 32.3 Å². The van der Waals surface area contributed by atoms with Gasteiger partial charge in [-0.2, -0.15) is 0 Å². The van der Waals surface area contributed by atoms with Crippen LogP contribution in [0.3, 0.4) is 0 Å². The zero-order chi connectivity index (χ0) is 12.1. The van der Waals surface area contributed by atoms with Gasteiger partial charge in [0.25, 0.3) is 0 Å². The molecule has 0 bridgehead atoms. The summed E-state index contributed by atoms with van der Waals surface area (Å²) >= 11 is 0. The van der Waals surface area contributed by atoms with Gasteiger partial charge in [0, 0.05) is 32.2 Å². The summed E-state index contributed by atoms with van der Waals surface area (Å²) in [5.74, 6) is 0.147. The maximum absolute atomic E-state index is 11.5. The molecule has 0 spiro atoms. The summed E-state index contributed by atoms with van der Waals surface area (Å²) in [4.78, 5) is 13.1. The molecule has 0 heterocycles. The van der Waals surface area contributed by atoms with Gasteiger partial charge in [-0.25, -0.2) is 0 Å². The Bertz CT molecular complexity index is 361. The first-order valence-corrected chi connectivity index (χ1v) is 5.53. The van der Waals surface area contributed by atoms with Crippen molar-refractivity contribution in [3.05, 3.63) is 29.8 Å². The molecule has 0 radical (unpaired) electrons. The molecule has 88 valence electrons. The van der Waals surface area contributed by atoms with Gasteiger partial charge in [0.2, 0.25) is 5.91 Å². The average molecular weight is 220 g/mol. The Morgan fingerprint density at radius 3 is 2.56 bits per heavy atom. The number of para-hydroxylation sites is 1. The largest absolute Gasteiger partial charge is 0.382 e. The Kier molecular flexibility index (Phi) is 4.35. The van der Waals surface area contributed by atoms with Gasteiger partial charge in [-0.3, -0.25) is 4.79 Å². The Morgan fingerprint density at radius 2 is 2.00 bits per heavy atom. The summed E-state index contributed by atoms with van der Waals surface area (Å²) in [6.07, 6.45) is 0.515. The molecule has 1 rings (SSSR count). The van der Waals surface area contributed by atoms with Crippen LogP contribution < -0.4 is 5.32 Å². The van der Waals surface area contributed by atoms with E-state index in [-0.39, 0.29) is 11.9 Å². The van der Waals surface area contributed by atoms with E-state index in [9.17, 15) is 4.79 Å². The monoisotopic (exact) mass is 220 g/mol. The molecule has 16 heavy (non-hydrogen) atoms. The fraction of sp³-hybridized carbons (Fsp3) is 0.462. The van der Waals surface area contributed by atoms with Gasteiger partial charge < -0.3 is 10.2 Å². The van der Waals surface area contributed by atoms with Crippen molar-refractivity contribution in [1.82, 2.24) is 4.90 Å². The minimum Gasteiger partial charge on any atom is -0.382 e. The molecule has 1 N–H and O–H groups in total. The van der Waals surface area contributed by atoms with E-state index in [2.05, 4.69) is 18.3 Å². The number of hydrogen-bond acceptors (Lipinski definition) is 2. The van der Waals surface area contributed by atoms with E-state index in [4.69, 9.17) is 0 Å². The second-order valence-electron chi connectivity index (χ2n) is 4.35. The lowest BCUT2D eigenvalue weighted by Crippen LogP contribution is -2.28. The van der Waals surface area contributed by atoms with Crippen LogP contribution in [-0.4, -0.2) is 30.9 Å². The fourth-order valence-electron chi connectivity index (χ4n) is 1.50. The first kappa shape index (κ1) is 12.6. The molecule has 1 aromatic carbocycles. The predicted molar refractivity (Wildman–Crippen MR) is 67.6 cm³/mol. The Hall–Kier alpha value is -1.51. The number of carbonyl (C=O) groups is 1. The smallest absolute Gasteiger partial charge is 0.224 e. The zero-order valence-corrected chi connectivity index (χ0v) is 10.4. The molecule has 1 amide bonds. The average Bonchev–Trinajstić information content (AvgIpc) is 2.21. The van der Waals surface area contributed by atoms with E-state index in [1.54, 1.807) is 19.0 Å². The number of carbonyl (C=O) groups excluding carboxylic acids is 1. The Labute approximate surface area is 97.5 Å². The minimum atomic E-state index is 0.147. The maximum atomic E-state index is 11.5. The number of amides is 1. The van der Waals surface area contributed by atoms with Gasteiger partial charge in [0.05, 0.1) is 0 Å². The number of aryl methyl sites for hydroxylation is 1. The molecular formula is C13H20N2O. The summed E-state index contributed by atoms with van der Waals surface area (Å²) in [6.45, 7) is 4.08. The van der Waals surface area contributed by atoms with Crippen LogP contribution >= 0.6 is 0 Å². The molecule has 1 aromatic rings.